The number of aromatic nitrogens is 1. The van der Waals surface area contributed by atoms with Gasteiger partial charge in [0, 0.05) is 27.4 Å². The zero-order valence-corrected chi connectivity index (χ0v) is 18.3. The summed E-state index contributed by atoms with van der Waals surface area (Å²) in [6.07, 6.45) is 3.12. The third-order valence-corrected chi connectivity index (χ3v) is 6.46. The van der Waals surface area contributed by atoms with Gasteiger partial charge in [-0.25, -0.2) is 4.98 Å². The second-order valence-electron chi connectivity index (χ2n) is 7.97. The number of nitrogens with zero attached hydrogens (tertiary/aromatic N) is 1. The monoisotopic (exact) mass is 466 g/mol. The van der Waals surface area contributed by atoms with Crippen LogP contribution in [-0.2, 0) is 4.79 Å². The van der Waals surface area contributed by atoms with Crippen LogP contribution in [0.15, 0.2) is 53.0 Å². The highest BCUT2D eigenvalue weighted by atomic mass is 79.9. The summed E-state index contributed by atoms with van der Waals surface area (Å²) < 4.78 is 0.877. The quantitative estimate of drug-likeness (QED) is 0.503. The fourth-order valence-corrected chi connectivity index (χ4v) is 4.55. The molecule has 1 aromatic heterocycles. The summed E-state index contributed by atoms with van der Waals surface area (Å²) >= 11 is 3.51. The van der Waals surface area contributed by atoms with Gasteiger partial charge in [-0.05, 0) is 56.4 Å². The second kappa shape index (κ2) is 8.19. The number of hydrogen-bond donors (Lipinski definition) is 2. The highest BCUT2D eigenvalue weighted by molar-refractivity contribution is 9.10. The average molecular weight is 467 g/mol. The van der Waals surface area contributed by atoms with Gasteiger partial charge < -0.3 is 10.4 Å². The molecule has 0 unspecified atom stereocenters. The van der Waals surface area contributed by atoms with E-state index in [1.807, 2.05) is 55.5 Å². The van der Waals surface area contributed by atoms with Gasteiger partial charge in [0.25, 0.3) is 5.91 Å². The predicted molar refractivity (Wildman–Crippen MR) is 121 cm³/mol. The van der Waals surface area contributed by atoms with Crippen molar-refractivity contribution < 1.29 is 14.7 Å². The molecule has 5 nitrogen and oxygen atoms in total. The number of benzene rings is 2. The van der Waals surface area contributed by atoms with E-state index >= 15 is 0 Å². The molecule has 0 saturated heterocycles. The number of nitrogens with one attached hydrogen (secondary N) is 1. The molecule has 1 heterocycles. The van der Waals surface area contributed by atoms with Crippen LogP contribution in [0.1, 0.15) is 48.0 Å². The molecule has 1 saturated carbocycles. The van der Waals surface area contributed by atoms with E-state index < -0.39 is 11.5 Å². The van der Waals surface area contributed by atoms with Crippen LogP contribution in [0.5, 0.6) is 0 Å². The number of halogens is 1. The summed E-state index contributed by atoms with van der Waals surface area (Å²) in [5, 5.41) is 13.1. The SMILES string of the molecule is Cc1c(-c2ccccc2)nc2ccc(Br)cc2c1C(=O)NC1(CCC(=O)O)CCC1. The van der Waals surface area contributed by atoms with Crippen LogP contribution in [0.25, 0.3) is 22.2 Å². The molecular formula is C24H23BrN2O3. The fourth-order valence-electron chi connectivity index (χ4n) is 4.19. The molecule has 0 atom stereocenters. The highest BCUT2D eigenvalue weighted by Gasteiger charge is 2.39. The van der Waals surface area contributed by atoms with E-state index in [1.54, 1.807) is 0 Å². The molecule has 0 bridgehead atoms. The molecule has 30 heavy (non-hydrogen) atoms. The number of carboxylic acid groups (broad SMARTS) is 1. The van der Waals surface area contributed by atoms with Crippen LogP contribution in [0.2, 0.25) is 0 Å². The molecule has 1 fully saturated rings. The molecule has 4 rings (SSSR count). The minimum atomic E-state index is -0.837. The number of carbonyl (C=O) groups excluding carboxylic acids is 1. The molecule has 1 aliphatic rings. The van der Waals surface area contributed by atoms with Crippen molar-refractivity contribution in [3.63, 3.8) is 0 Å². The molecule has 154 valence electrons. The number of pyridine rings is 1. The molecule has 0 aliphatic heterocycles. The highest BCUT2D eigenvalue weighted by Crippen LogP contribution is 2.37. The molecule has 2 aromatic carbocycles. The van der Waals surface area contributed by atoms with Crippen LogP contribution < -0.4 is 5.32 Å². The first kappa shape index (κ1) is 20.5. The Bertz CT molecular complexity index is 1120. The maximum absolute atomic E-state index is 13.5. The topological polar surface area (TPSA) is 79.3 Å². The summed E-state index contributed by atoms with van der Waals surface area (Å²) in [7, 11) is 0. The van der Waals surface area contributed by atoms with Crippen LogP contribution in [0.4, 0.5) is 0 Å². The first-order valence-corrected chi connectivity index (χ1v) is 10.9. The summed E-state index contributed by atoms with van der Waals surface area (Å²) in [6.45, 7) is 1.93. The Morgan fingerprint density at radius 3 is 2.53 bits per heavy atom. The minimum Gasteiger partial charge on any atom is -0.481 e. The smallest absolute Gasteiger partial charge is 0.303 e. The Hall–Kier alpha value is -2.73. The van der Waals surface area contributed by atoms with Gasteiger partial charge in [-0.2, -0.15) is 0 Å². The Morgan fingerprint density at radius 1 is 1.17 bits per heavy atom. The molecule has 0 radical (unpaired) electrons. The molecule has 1 aliphatic carbocycles. The Morgan fingerprint density at radius 2 is 1.90 bits per heavy atom. The molecule has 1 amide bonds. The van der Waals surface area contributed by atoms with E-state index in [0.717, 1.165) is 51.5 Å². The van der Waals surface area contributed by atoms with Gasteiger partial charge in [0.1, 0.15) is 0 Å². The summed E-state index contributed by atoms with van der Waals surface area (Å²) in [6, 6.07) is 15.6. The van der Waals surface area contributed by atoms with Gasteiger partial charge in [-0.15, -0.1) is 0 Å². The zero-order valence-electron chi connectivity index (χ0n) is 16.7. The van der Waals surface area contributed by atoms with E-state index in [-0.39, 0.29) is 12.3 Å². The van der Waals surface area contributed by atoms with Crippen LogP contribution in [0, 0.1) is 6.92 Å². The van der Waals surface area contributed by atoms with Crippen molar-refractivity contribution >= 4 is 38.7 Å². The summed E-state index contributed by atoms with van der Waals surface area (Å²) in [5.41, 5.74) is 3.47. The van der Waals surface area contributed by atoms with Crippen LogP contribution in [-0.4, -0.2) is 27.5 Å². The normalized spacial score (nSPS) is 14.9. The lowest BCUT2D eigenvalue weighted by molar-refractivity contribution is -0.137. The lowest BCUT2D eigenvalue weighted by Crippen LogP contribution is -2.53. The number of carboxylic acids is 1. The van der Waals surface area contributed by atoms with E-state index in [9.17, 15) is 9.59 Å². The average Bonchev–Trinajstić information content (AvgIpc) is 2.69. The Kier molecular flexibility index (Phi) is 5.60. The maximum atomic E-state index is 13.5. The first-order valence-electron chi connectivity index (χ1n) is 10.1. The second-order valence-corrected chi connectivity index (χ2v) is 8.89. The van der Waals surface area contributed by atoms with Crippen molar-refractivity contribution in [2.45, 2.75) is 44.6 Å². The molecule has 0 spiro atoms. The molecule has 2 N–H and O–H groups in total. The van der Waals surface area contributed by atoms with Gasteiger partial charge in [0.2, 0.25) is 0 Å². The molecule has 3 aromatic rings. The van der Waals surface area contributed by atoms with Crippen molar-refractivity contribution in [1.82, 2.24) is 10.3 Å². The fraction of sp³-hybridized carbons (Fsp3) is 0.292. The van der Waals surface area contributed by atoms with Crippen molar-refractivity contribution in [2.24, 2.45) is 0 Å². The molecule has 6 heteroatoms. The van der Waals surface area contributed by atoms with Crippen molar-refractivity contribution in [1.29, 1.82) is 0 Å². The van der Waals surface area contributed by atoms with Crippen LogP contribution >= 0.6 is 15.9 Å². The number of fused-ring (bicyclic) bond motifs is 1. The van der Waals surface area contributed by atoms with Gasteiger partial charge in [-0.1, -0.05) is 46.3 Å². The van der Waals surface area contributed by atoms with Crippen molar-refractivity contribution in [3.05, 3.63) is 64.1 Å². The lowest BCUT2D eigenvalue weighted by Gasteiger charge is -2.42. The third kappa shape index (κ3) is 3.97. The van der Waals surface area contributed by atoms with Gasteiger partial charge in [-0.3, -0.25) is 9.59 Å². The number of hydrogen-bond acceptors (Lipinski definition) is 3. The minimum absolute atomic E-state index is 0.0527. The largest absolute Gasteiger partial charge is 0.481 e. The zero-order chi connectivity index (χ0) is 21.3. The number of amides is 1. The Labute approximate surface area is 183 Å². The van der Waals surface area contributed by atoms with Crippen molar-refractivity contribution in [3.8, 4) is 11.3 Å². The van der Waals surface area contributed by atoms with E-state index in [2.05, 4.69) is 21.2 Å². The van der Waals surface area contributed by atoms with Crippen LogP contribution in [0.3, 0.4) is 0 Å². The number of aliphatic carboxylic acids is 1. The Balaban J connectivity index is 1.80. The van der Waals surface area contributed by atoms with Gasteiger partial charge >= 0.3 is 5.97 Å². The van der Waals surface area contributed by atoms with E-state index in [1.165, 1.54) is 0 Å². The predicted octanol–water partition coefficient (Wildman–Crippen LogP) is 5.49. The van der Waals surface area contributed by atoms with E-state index in [0.29, 0.717) is 12.0 Å². The summed E-state index contributed by atoms with van der Waals surface area (Å²) in [4.78, 5) is 29.5. The maximum Gasteiger partial charge on any atom is 0.303 e. The van der Waals surface area contributed by atoms with Gasteiger partial charge in [0.05, 0.1) is 16.8 Å². The van der Waals surface area contributed by atoms with E-state index in [4.69, 9.17) is 10.1 Å². The molecular weight excluding hydrogens is 444 g/mol. The number of rotatable bonds is 6. The third-order valence-electron chi connectivity index (χ3n) is 5.97. The van der Waals surface area contributed by atoms with Gasteiger partial charge in [0.15, 0.2) is 0 Å². The number of carbonyl (C=O) groups is 2. The van der Waals surface area contributed by atoms with Crippen molar-refractivity contribution in [2.75, 3.05) is 0 Å². The lowest BCUT2D eigenvalue weighted by atomic mass is 9.73. The first-order chi connectivity index (χ1) is 14.4. The standard InChI is InChI=1S/C24H23BrN2O3/c1-15-21(23(30)27-24(11-5-12-24)13-10-20(28)29)18-14-17(25)8-9-19(18)26-22(15)16-6-3-2-4-7-16/h2-4,6-9,14H,5,10-13H2,1H3,(H,27,30)(H,28,29). The summed E-state index contributed by atoms with van der Waals surface area (Å²) in [5.74, 6) is -1.00.